The Balaban J connectivity index is 1.52. The predicted molar refractivity (Wildman–Crippen MR) is 138 cm³/mol. The smallest absolute Gasteiger partial charge is 0.252 e. The van der Waals surface area contributed by atoms with E-state index in [9.17, 15) is 23.8 Å². The third-order valence-electron chi connectivity index (χ3n) is 6.20. The molecule has 8 heteroatoms. The van der Waals surface area contributed by atoms with Crippen LogP contribution >= 0.6 is 0 Å². The van der Waals surface area contributed by atoms with Gasteiger partial charge in [0.2, 0.25) is 5.88 Å². The Morgan fingerprint density at radius 3 is 2.43 bits per heavy atom. The lowest BCUT2D eigenvalue weighted by Gasteiger charge is -2.25. The number of amides is 1. The highest BCUT2D eigenvalue weighted by Gasteiger charge is 2.24. The quantitative estimate of drug-likeness (QED) is 0.258. The molecule has 0 bridgehead atoms. The number of nitrogens with zero attached hydrogens (tertiary/aromatic N) is 1. The topological polar surface area (TPSA) is 94.5 Å². The summed E-state index contributed by atoms with van der Waals surface area (Å²) in [4.78, 5) is 17.3. The van der Waals surface area contributed by atoms with Crippen molar-refractivity contribution < 1.29 is 23.8 Å². The van der Waals surface area contributed by atoms with Crippen molar-refractivity contribution in [3.63, 3.8) is 0 Å². The van der Waals surface area contributed by atoms with Gasteiger partial charge in [0.15, 0.2) is 0 Å². The zero-order valence-electron chi connectivity index (χ0n) is 20.4. The monoisotopic (exact) mass is 505 g/mol. The lowest BCUT2D eigenvalue weighted by atomic mass is 9.99. The summed E-state index contributed by atoms with van der Waals surface area (Å²) < 4.78 is 27.7. The summed E-state index contributed by atoms with van der Waals surface area (Å²) in [6.45, 7) is 2.73. The Hall–Kier alpha value is -3.88. The Morgan fingerprint density at radius 1 is 0.946 bits per heavy atom. The number of fused-ring (bicyclic) bond motifs is 1. The van der Waals surface area contributed by atoms with Gasteiger partial charge in [0.1, 0.15) is 11.6 Å². The van der Waals surface area contributed by atoms with Crippen LogP contribution in [-0.4, -0.2) is 39.8 Å². The first-order valence-electron chi connectivity index (χ1n) is 12.1. The second-order valence-electron chi connectivity index (χ2n) is 8.98. The zero-order valence-corrected chi connectivity index (χ0v) is 20.4. The van der Waals surface area contributed by atoms with Gasteiger partial charge in [0.25, 0.3) is 5.91 Å². The number of aliphatic hydroxyl groups is 1. The highest BCUT2D eigenvalue weighted by atomic mass is 19.1. The third-order valence-corrected chi connectivity index (χ3v) is 6.20. The van der Waals surface area contributed by atoms with Gasteiger partial charge in [-0.05, 0) is 59.9 Å². The number of nitrogens with one attached hydrogen (secondary N) is 2. The number of aromatic hydroxyl groups is 1. The van der Waals surface area contributed by atoms with Crippen molar-refractivity contribution >= 4 is 16.8 Å². The van der Waals surface area contributed by atoms with Crippen LogP contribution in [0.25, 0.3) is 10.9 Å². The molecule has 1 amide bonds. The van der Waals surface area contributed by atoms with Crippen molar-refractivity contribution in [2.75, 3.05) is 6.54 Å². The van der Waals surface area contributed by atoms with E-state index in [1.165, 1.54) is 23.8 Å². The fourth-order valence-corrected chi connectivity index (χ4v) is 4.32. The summed E-state index contributed by atoms with van der Waals surface area (Å²) in [6.07, 6.45) is -0.127. The summed E-state index contributed by atoms with van der Waals surface area (Å²) in [6, 6.07) is 18.3. The predicted octanol–water partition coefficient (Wildman–Crippen LogP) is 4.27. The summed E-state index contributed by atoms with van der Waals surface area (Å²) in [5.41, 5.74) is 3.31. The van der Waals surface area contributed by atoms with Crippen LogP contribution in [0.1, 0.15) is 34.0 Å². The van der Waals surface area contributed by atoms with Crippen molar-refractivity contribution in [3.8, 4) is 5.88 Å². The molecule has 4 N–H and O–H groups in total. The summed E-state index contributed by atoms with van der Waals surface area (Å²) in [5, 5.41) is 27.2. The van der Waals surface area contributed by atoms with Crippen LogP contribution < -0.4 is 10.6 Å². The Bertz CT molecular complexity index is 1380. The van der Waals surface area contributed by atoms with E-state index >= 15 is 0 Å². The van der Waals surface area contributed by atoms with Crippen molar-refractivity contribution in [1.82, 2.24) is 15.6 Å². The first-order valence-corrected chi connectivity index (χ1v) is 12.1. The van der Waals surface area contributed by atoms with Gasteiger partial charge in [0.05, 0.1) is 17.7 Å². The third kappa shape index (κ3) is 6.87. The average molecular weight is 506 g/mol. The Labute approximate surface area is 214 Å². The van der Waals surface area contributed by atoms with Gasteiger partial charge in [-0.2, -0.15) is 0 Å². The van der Waals surface area contributed by atoms with Gasteiger partial charge in [-0.3, -0.25) is 4.79 Å². The largest absolute Gasteiger partial charge is 0.493 e. The summed E-state index contributed by atoms with van der Waals surface area (Å²) >= 11 is 0. The number of aromatic nitrogens is 1. The van der Waals surface area contributed by atoms with E-state index in [4.69, 9.17) is 0 Å². The molecule has 0 aliphatic carbocycles. The molecule has 37 heavy (non-hydrogen) atoms. The Kier molecular flexibility index (Phi) is 8.43. The molecule has 1 heterocycles. The number of pyridine rings is 1. The van der Waals surface area contributed by atoms with Gasteiger partial charge in [-0.25, -0.2) is 13.8 Å². The molecular formula is C29H29F2N3O3. The normalized spacial score (nSPS) is 12.9. The number of hydrogen-bond donors (Lipinski definition) is 4. The highest BCUT2D eigenvalue weighted by molar-refractivity contribution is 6.06. The fourth-order valence-electron chi connectivity index (χ4n) is 4.32. The number of carbonyl (C=O) groups excluding carboxylic acids is 1. The molecule has 192 valence electrons. The number of aliphatic hydroxyl groups excluding tert-OH is 1. The molecule has 6 nitrogen and oxygen atoms in total. The van der Waals surface area contributed by atoms with Gasteiger partial charge in [-0.15, -0.1) is 0 Å². The standard InChI is InChI=1S/C29H29F2N3O3/c1-2-18-5-3-6-19(11-18)16-32-17-27(35)26(14-20-12-21(30)15-22(31)13-20)34-29(37)24-7-4-8-25-23(24)9-10-28(36)33-25/h3-13,15,26-27,32,35H,2,14,16-17H2,1H3,(H,33,36)(H,34,37)/t26-,27+/m0/s1. The van der Waals surface area contributed by atoms with E-state index in [0.717, 1.165) is 18.1 Å². The van der Waals surface area contributed by atoms with Crippen molar-refractivity contribution in [1.29, 1.82) is 0 Å². The molecule has 4 aromatic rings. The van der Waals surface area contributed by atoms with E-state index < -0.39 is 29.7 Å². The maximum atomic E-state index is 13.8. The molecule has 0 spiro atoms. The van der Waals surface area contributed by atoms with E-state index in [0.29, 0.717) is 28.6 Å². The van der Waals surface area contributed by atoms with Crippen LogP contribution in [0.5, 0.6) is 5.88 Å². The minimum absolute atomic E-state index is 0.0123. The van der Waals surface area contributed by atoms with Crippen LogP contribution in [0.3, 0.4) is 0 Å². The van der Waals surface area contributed by atoms with Crippen molar-refractivity contribution in [3.05, 3.63) is 107 Å². The number of carbonyl (C=O) groups is 1. The van der Waals surface area contributed by atoms with Gasteiger partial charge in [-0.1, -0.05) is 37.3 Å². The number of halogens is 2. The van der Waals surface area contributed by atoms with E-state index in [1.54, 1.807) is 24.3 Å². The number of aryl methyl sites for hydroxylation is 1. The molecular weight excluding hydrogens is 476 g/mol. The fraction of sp³-hybridized carbons (Fsp3) is 0.241. The Morgan fingerprint density at radius 2 is 1.68 bits per heavy atom. The van der Waals surface area contributed by atoms with E-state index in [1.807, 2.05) is 18.2 Å². The van der Waals surface area contributed by atoms with Crippen LogP contribution in [-0.2, 0) is 19.4 Å². The molecule has 0 fully saturated rings. The van der Waals surface area contributed by atoms with Gasteiger partial charge < -0.3 is 20.8 Å². The lowest BCUT2D eigenvalue weighted by molar-refractivity contribution is 0.0831. The number of benzene rings is 3. The average Bonchev–Trinajstić information content (AvgIpc) is 2.87. The van der Waals surface area contributed by atoms with Crippen LogP contribution in [0.15, 0.2) is 72.8 Å². The summed E-state index contributed by atoms with van der Waals surface area (Å²) in [7, 11) is 0. The molecule has 0 aliphatic heterocycles. The van der Waals surface area contributed by atoms with Gasteiger partial charge in [0, 0.05) is 36.2 Å². The minimum Gasteiger partial charge on any atom is -0.493 e. The second kappa shape index (κ2) is 11.9. The molecule has 0 radical (unpaired) electrons. The summed E-state index contributed by atoms with van der Waals surface area (Å²) in [5.74, 6) is -2.11. The zero-order chi connectivity index (χ0) is 26.4. The van der Waals surface area contributed by atoms with Crippen molar-refractivity contribution in [2.24, 2.45) is 0 Å². The molecule has 0 unspecified atom stereocenters. The number of hydrogen-bond acceptors (Lipinski definition) is 5. The highest BCUT2D eigenvalue weighted by Crippen LogP contribution is 2.21. The lowest BCUT2D eigenvalue weighted by Crippen LogP contribution is -2.48. The van der Waals surface area contributed by atoms with Crippen molar-refractivity contribution in [2.45, 2.75) is 38.5 Å². The van der Waals surface area contributed by atoms with Crippen LogP contribution in [0, 0.1) is 11.6 Å². The molecule has 0 saturated carbocycles. The first-order chi connectivity index (χ1) is 17.8. The SMILES string of the molecule is CCc1cccc(CNC[C@@H](O)[C@H](Cc2cc(F)cc(F)c2)NC(=O)c2cccc3nc(O)ccc23)c1. The van der Waals surface area contributed by atoms with E-state index in [-0.39, 0.29) is 18.8 Å². The van der Waals surface area contributed by atoms with Crippen LogP contribution in [0.4, 0.5) is 8.78 Å². The molecule has 0 saturated heterocycles. The maximum Gasteiger partial charge on any atom is 0.252 e. The molecule has 4 rings (SSSR count). The second-order valence-corrected chi connectivity index (χ2v) is 8.98. The molecule has 1 aromatic heterocycles. The molecule has 2 atom stereocenters. The molecule has 3 aromatic carbocycles. The first kappa shape index (κ1) is 26.2. The van der Waals surface area contributed by atoms with Gasteiger partial charge >= 0.3 is 0 Å². The van der Waals surface area contributed by atoms with Crippen LogP contribution in [0.2, 0.25) is 0 Å². The van der Waals surface area contributed by atoms with E-state index in [2.05, 4.69) is 28.6 Å². The minimum atomic E-state index is -1.05. The molecule has 0 aliphatic rings. The maximum absolute atomic E-state index is 13.8. The number of rotatable bonds is 10.